The number of aryl methyl sites for hydroxylation is 2. The lowest BCUT2D eigenvalue weighted by Crippen LogP contribution is -2.15. The maximum atomic E-state index is 12.2. The Labute approximate surface area is 183 Å². The van der Waals surface area contributed by atoms with Crippen molar-refractivity contribution in [3.63, 3.8) is 0 Å². The molecule has 0 aliphatic rings. The van der Waals surface area contributed by atoms with E-state index in [9.17, 15) is 4.79 Å². The van der Waals surface area contributed by atoms with Crippen molar-refractivity contribution in [2.45, 2.75) is 25.6 Å². The van der Waals surface area contributed by atoms with Crippen molar-refractivity contribution in [3.8, 4) is 5.75 Å². The van der Waals surface area contributed by atoms with Gasteiger partial charge in [-0.15, -0.1) is 10.2 Å². The molecule has 1 amide bonds. The van der Waals surface area contributed by atoms with Crippen molar-refractivity contribution in [1.82, 2.24) is 14.8 Å². The molecule has 3 rings (SSSR count). The molecule has 0 saturated heterocycles. The lowest BCUT2D eigenvalue weighted by Gasteiger charge is -2.10. The summed E-state index contributed by atoms with van der Waals surface area (Å²) in [6, 6.07) is 11.0. The molecular formula is C20H20Cl2N4O2S. The molecule has 0 aliphatic heterocycles. The Kier molecular flexibility index (Phi) is 7.05. The highest BCUT2D eigenvalue weighted by atomic mass is 35.5. The van der Waals surface area contributed by atoms with Crippen molar-refractivity contribution in [1.29, 1.82) is 0 Å². The third-order valence-corrected chi connectivity index (χ3v) is 5.73. The number of ether oxygens (including phenoxy) is 1. The number of amides is 1. The SMILES string of the molecule is Cc1ccc(C)c(OCc2nnc(SCC(=O)Nc3ccc(Cl)cc3Cl)n2C)c1. The molecule has 1 heterocycles. The number of anilines is 1. The highest BCUT2D eigenvalue weighted by Crippen LogP contribution is 2.26. The highest BCUT2D eigenvalue weighted by Gasteiger charge is 2.13. The Morgan fingerprint density at radius 3 is 2.72 bits per heavy atom. The van der Waals surface area contributed by atoms with Crippen LogP contribution in [0.15, 0.2) is 41.6 Å². The molecule has 0 spiro atoms. The molecule has 3 aromatic rings. The zero-order valence-electron chi connectivity index (χ0n) is 16.2. The fourth-order valence-corrected chi connectivity index (χ4v) is 3.69. The summed E-state index contributed by atoms with van der Waals surface area (Å²) < 4.78 is 7.71. The number of rotatable bonds is 7. The Morgan fingerprint density at radius 1 is 1.17 bits per heavy atom. The van der Waals surface area contributed by atoms with Gasteiger partial charge >= 0.3 is 0 Å². The fraction of sp³-hybridized carbons (Fsp3) is 0.250. The zero-order chi connectivity index (χ0) is 21.0. The lowest BCUT2D eigenvalue weighted by atomic mass is 10.1. The van der Waals surface area contributed by atoms with Crippen molar-refractivity contribution in [2.24, 2.45) is 7.05 Å². The van der Waals surface area contributed by atoms with Crippen LogP contribution in [-0.2, 0) is 18.4 Å². The average molecular weight is 451 g/mol. The van der Waals surface area contributed by atoms with Crippen molar-refractivity contribution in [2.75, 3.05) is 11.1 Å². The second-order valence-electron chi connectivity index (χ2n) is 6.48. The first-order valence-corrected chi connectivity index (χ1v) is 10.5. The summed E-state index contributed by atoms with van der Waals surface area (Å²) in [4.78, 5) is 12.2. The molecule has 0 aliphatic carbocycles. The predicted octanol–water partition coefficient (Wildman–Crippen LogP) is 5.05. The van der Waals surface area contributed by atoms with E-state index in [1.165, 1.54) is 11.8 Å². The number of thioether (sulfide) groups is 1. The minimum absolute atomic E-state index is 0.169. The smallest absolute Gasteiger partial charge is 0.234 e. The number of carbonyl (C=O) groups is 1. The van der Waals surface area contributed by atoms with Gasteiger partial charge in [0.25, 0.3) is 0 Å². The highest BCUT2D eigenvalue weighted by molar-refractivity contribution is 7.99. The summed E-state index contributed by atoms with van der Waals surface area (Å²) in [5.74, 6) is 1.47. The Bertz CT molecular complexity index is 1040. The lowest BCUT2D eigenvalue weighted by molar-refractivity contribution is -0.113. The molecule has 6 nitrogen and oxygen atoms in total. The molecule has 0 unspecified atom stereocenters. The molecule has 152 valence electrons. The standard InChI is InChI=1S/C20H20Cl2N4O2S/c1-12-4-5-13(2)17(8-12)28-10-18-24-25-20(26(18)3)29-11-19(27)23-16-7-6-14(21)9-15(16)22/h4-9H,10-11H2,1-3H3,(H,23,27). The number of nitrogens with zero attached hydrogens (tertiary/aromatic N) is 3. The molecular weight excluding hydrogens is 431 g/mol. The first kappa shape index (κ1) is 21.5. The number of hydrogen-bond donors (Lipinski definition) is 1. The van der Waals surface area contributed by atoms with E-state index in [4.69, 9.17) is 27.9 Å². The van der Waals surface area contributed by atoms with Crippen LogP contribution in [0.25, 0.3) is 0 Å². The molecule has 0 radical (unpaired) electrons. The van der Waals surface area contributed by atoms with E-state index in [0.717, 1.165) is 16.9 Å². The first-order valence-electron chi connectivity index (χ1n) is 8.79. The van der Waals surface area contributed by atoms with Gasteiger partial charge in [0.2, 0.25) is 5.91 Å². The molecule has 0 fully saturated rings. The van der Waals surface area contributed by atoms with Gasteiger partial charge in [0.15, 0.2) is 11.0 Å². The number of hydrogen-bond acceptors (Lipinski definition) is 5. The van der Waals surface area contributed by atoms with E-state index < -0.39 is 0 Å². The van der Waals surface area contributed by atoms with Gasteiger partial charge in [0.05, 0.1) is 16.5 Å². The number of carbonyl (C=O) groups excluding carboxylic acids is 1. The summed E-state index contributed by atoms with van der Waals surface area (Å²) in [5, 5.41) is 12.6. The van der Waals surface area contributed by atoms with Crippen LogP contribution in [0.4, 0.5) is 5.69 Å². The topological polar surface area (TPSA) is 69.0 Å². The predicted molar refractivity (Wildman–Crippen MR) is 117 cm³/mol. The van der Waals surface area contributed by atoms with Crippen molar-refractivity contribution >= 4 is 46.6 Å². The second kappa shape index (κ2) is 9.52. The Hall–Kier alpha value is -2.22. The van der Waals surface area contributed by atoms with Gasteiger partial charge < -0.3 is 14.6 Å². The van der Waals surface area contributed by atoms with Gasteiger partial charge in [-0.3, -0.25) is 4.79 Å². The number of nitrogens with one attached hydrogen (secondary N) is 1. The molecule has 0 atom stereocenters. The van der Waals surface area contributed by atoms with E-state index in [-0.39, 0.29) is 11.7 Å². The third kappa shape index (κ3) is 5.65. The molecule has 1 aromatic heterocycles. The molecule has 0 saturated carbocycles. The largest absolute Gasteiger partial charge is 0.485 e. The van der Waals surface area contributed by atoms with Crippen molar-refractivity contribution < 1.29 is 9.53 Å². The monoisotopic (exact) mass is 450 g/mol. The van der Waals surface area contributed by atoms with E-state index in [1.807, 2.05) is 43.7 Å². The Morgan fingerprint density at radius 2 is 1.97 bits per heavy atom. The van der Waals surface area contributed by atoms with Crippen LogP contribution in [0, 0.1) is 13.8 Å². The van der Waals surface area contributed by atoms with Crippen LogP contribution >= 0.6 is 35.0 Å². The number of aromatic nitrogens is 3. The fourth-order valence-electron chi connectivity index (χ4n) is 2.51. The zero-order valence-corrected chi connectivity index (χ0v) is 18.5. The summed E-state index contributed by atoms with van der Waals surface area (Å²) in [6.45, 7) is 4.31. The first-order chi connectivity index (χ1) is 13.8. The summed E-state index contributed by atoms with van der Waals surface area (Å²) in [6.07, 6.45) is 0. The molecule has 1 N–H and O–H groups in total. The third-order valence-electron chi connectivity index (χ3n) is 4.16. The summed E-state index contributed by atoms with van der Waals surface area (Å²) >= 11 is 13.2. The van der Waals surface area contributed by atoms with Crippen LogP contribution in [-0.4, -0.2) is 26.4 Å². The minimum Gasteiger partial charge on any atom is -0.485 e. The van der Waals surface area contributed by atoms with Crippen LogP contribution in [0.1, 0.15) is 17.0 Å². The van der Waals surface area contributed by atoms with Gasteiger partial charge in [-0.1, -0.05) is 47.1 Å². The van der Waals surface area contributed by atoms with Crippen LogP contribution in [0.2, 0.25) is 10.0 Å². The molecule has 0 bridgehead atoms. The van der Waals surface area contributed by atoms with Crippen LogP contribution in [0.3, 0.4) is 0 Å². The summed E-state index contributed by atoms with van der Waals surface area (Å²) in [5.41, 5.74) is 2.71. The van der Waals surface area contributed by atoms with Gasteiger partial charge in [-0.2, -0.15) is 0 Å². The summed E-state index contributed by atoms with van der Waals surface area (Å²) in [7, 11) is 1.85. The minimum atomic E-state index is -0.199. The van der Waals surface area contributed by atoms with Crippen LogP contribution < -0.4 is 10.1 Å². The van der Waals surface area contributed by atoms with E-state index >= 15 is 0 Å². The molecule has 29 heavy (non-hydrogen) atoms. The molecule has 9 heteroatoms. The Balaban J connectivity index is 1.56. The normalized spacial score (nSPS) is 10.8. The van der Waals surface area contributed by atoms with Crippen molar-refractivity contribution in [3.05, 3.63) is 63.4 Å². The second-order valence-corrected chi connectivity index (χ2v) is 8.26. The van der Waals surface area contributed by atoms with Crippen LogP contribution in [0.5, 0.6) is 5.75 Å². The average Bonchev–Trinajstić information content (AvgIpc) is 3.03. The van der Waals surface area contributed by atoms with E-state index in [1.54, 1.807) is 18.2 Å². The maximum Gasteiger partial charge on any atom is 0.234 e. The maximum absolute atomic E-state index is 12.2. The molecule has 2 aromatic carbocycles. The van der Waals surface area contributed by atoms with E-state index in [0.29, 0.717) is 33.3 Å². The van der Waals surface area contributed by atoms with E-state index in [2.05, 4.69) is 15.5 Å². The van der Waals surface area contributed by atoms with Gasteiger partial charge in [0.1, 0.15) is 12.4 Å². The number of benzene rings is 2. The quantitative estimate of drug-likeness (QED) is 0.510. The number of halogens is 2. The van der Waals surface area contributed by atoms with Gasteiger partial charge in [-0.25, -0.2) is 0 Å². The van der Waals surface area contributed by atoms with Gasteiger partial charge in [-0.05, 0) is 49.2 Å². The van der Waals surface area contributed by atoms with Gasteiger partial charge in [0, 0.05) is 12.1 Å².